The number of benzene rings is 1. The zero-order valence-electron chi connectivity index (χ0n) is 17.1. The van der Waals surface area contributed by atoms with Crippen molar-refractivity contribution in [3.8, 4) is 0 Å². The van der Waals surface area contributed by atoms with E-state index in [0.717, 1.165) is 43.6 Å². The molecule has 0 atom stereocenters. The van der Waals surface area contributed by atoms with Crippen LogP contribution in [0.4, 0.5) is 0 Å². The molecule has 30 heavy (non-hydrogen) atoms. The number of ether oxygens (including phenoxy) is 1. The Hall–Kier alpha value is -2.70. The summed E-state index contributed by atoms with van der Waals surface area (Å²) in [6.45, 7) is 1.77. The number of nitrogens with two attached hydrogens (primary N) is 1. The minimum absolute atomic E-state index is 0.397. The molecule has 1 aliphatic carbocycles. The third-order valence-electron chi connectivity index (χ3n) is 5.69. The SMILES string of the molecule is CN1CCC(=C2c3ccccc3CCc3cc(C=CC(=O)OCC(N)=O)sc32)CC1. The fraction of sp³-hybridized carbons (Fsp3) is 0.333. The summed E-state index contributed by atoms with van der Waals surface area (Å²) >= 11 is 1.72. The van der Waals surface area contributed by atoms with Gasteiger partial charge in [-0.25, -0.2) is 4.79 Å². The van der Waals surface area contributed by atoms with Gasteiger partial charge in [-0.2, -0.15) is 0 Å². The summed E-state index contributed by atoms with van der Waals surface area (Å²) in [6.07, 6.45) is 7.31. The van der Waals surface area contributed by atoms with Crippen LogP contribution in [0.2, 0.25) is 0 Å². The van der Waals surface area contributed by atoms with Gasteiger partial charge in [-0.3, -0.25) is 4.79 Å². The lowest BCUT2D eigenvalue weighted by Crippen LogP contribution is -2.26. The van der Waals surface area contributed by atoms with E-state index in [1.807, 2.05) is 0 Å². The largest absolute Gasteiger partial charge is 0.452 e. The predicted molar refractivity (Wildman–Crippen MR) is 120 cm³/mol. The Morgan fingerprint density at radius 1 is 1.13 bits per heavy atom. The third-order valence-corrected chi connectivity index (χ3v) is 6.85. The molecule has 4 rings (SSSR count). The molecule has 5 nitrogen and oxygen atoms in total. The van der Waals surface area contributed by atoms with Crippen LogP contribution >= 0.6 is 11.3 Å². The smallest absolute Gasteiger partial charge is 0.331 e. The van der Waals surface area contributed by atoms with Gasteiger partial charge < -0.3 is 15.4 Å². The number of primary amides is 1. The first-order valence-electron chi connectivity index (χ1n) is 10.3. The van der Waals surface area contributed by atoms with Gasteiger partial charge in [0.25, 0.3) is 5.91 Å². The number of thiophene rings is 1. The Morgan fingerprint density at radius 2 is 1.87 bits per heavy atom. The van der Waals surface area contributed by atoms with Gasteiger partial charge in [-0.1, -0.05) is 29.8 Å². The molecular formula is C24H26N2O3S. The van der Waals surface area contributed by atoms with Crippen molar-refractivity contribution in [3.05, 3.63) is 68.4 Å². The molecule has 6 heteroatoms. The van der Waals surface area contributed by atoms with Crippen LogP contribution in [0, 0.1) is 0 Å². The highest BCUT2D eigenvalue weighted by Crippen LogP contribution is 2.42. The molecule has 2 aliphatic rings. The van der Waals surface area contributed by atoms with Crippen molar-refractivity contribution in [1.82, 2.24) is 4.90 Å². The number of hydrogen-bond acceptors (Lipinski definition) is 5. The first kappa shape index (κ1) is 20.6. The molecule has 0 unspecified atom stereocenters. The fourth-order valence-corrected chi connectivity index (χ4v) is 5.35. The molecular weight excluding hydrogens is 396 g/mol. The quantitative estimate of drug-likeness (QED) is 0.605. The minimum Gasteiger partial charge on any atom is -0.452 e. The number of carbonyl (C=O) groups excluding carboxylic acids is 2. The van der Waals surface area contributed by atoms with E-state index < -0.39 is 18.5 Å². The van der Waals surface area contributed by atoms with Crippen LogP contribution < -0.4 is 5.73 Å². The molecule has 2 heterocycles. The van der Waals surface area contributed by atoms with E-state index in [-0.39, 0.29) is 0 Å². The van der Waals surface area contributed by atoms with Crippen LogP contribution in [0.15, 0.2) is 42.0 Å². The number of hydrogen-bond donors (Lipinski definition) is 1. The van der Waals surface area contributed by atoms with Gasteiger partial charge in [0.1, 0.15) is 0 Å². The molecule has 1 aromatic heterocycles. The van der Waals surface area contributed by atoms with Crippen molar-refractivity contribution < 1.29 is 14.3 Å². The topological polar surface area (TPSA) is 72.6 Å². The second kappa shape index (κ2) is 8.98. The molecule has 1 fully saturated rings. The summed E-state index contributed by atoms with van der Waals surface area (Å²) < 4.78 is 4.81. The van der Waals surface area contributed by atoms with Crippen LogP contribution in [0.25, 0.3) is 11.6 Å². The van der Waals surface area contributed by atoms with Crippen LogP contribution in [-0.4, -0.2) is 43.5 Å². The lowest BCUT2D eigenvalue weighted by molar-refractivity contribution is -0.142. The number of rotatable bonds is 4. The highest BCUT2D eigenvalue weighted by atomic mass is 32.1. The monoisotopic (exact) mass is 422 g/mol. The fourth-order valence-electron chi connectivity index (χ4n) is 4.13. The average Bonchev–Trinajstić information content (AvgIpc) is 3.07. The molecule has 1 saturated heterocycles. The van der Waals surface area contributed by atoms with Crippen molar-refractivity contribution in [2.24, 2.45) is 5.73 Å². The number of likely N-dealkylation sites (tertiary alicyclic amines) is 1. The molecule has 0 spiro atoms. The molecule has 0 saturated carbocycles. The summed E-state index contributed by atoms with van der Waals surface area (Å²) in [6, 6.07) is 10.9. The molecule has 0 radical (unpaired) electrons. The van der Waals surface area contributed by atoms with Gasteiger partial charge in [-0.05, 0) is 67.1 Å². The lowest BCUT2D eigenvalue weighted by atomic mass is 9.90. The van der Waals surface area contributed by atoms with Gasteiger partial charge >= 0.3 is 5.97 Å². The molecule has 1 amide bonds. The number of amides is 1. The predicted octanol–water partition coefficient (Wildman–Crippen LogP) is 3.42. The van der Waals surface area contributed by atoms with Gasteiger partial charge in [-0.15, -0.1) is 11.3 Å². The second-order valence-corrected chi connectivity index (χ2v) is 8.93. The van der Waals surface area contributed by atoms with Gasteiger partial charge in [0.2, 0.25) is 0 Å². The van der Waals surface area contributed by atoms with E-state index in [1.165, 1.54) is 38.8 Å². The Kier molecular flexibility index (Phi) is 6.16. The maximum absolute atomic E-state index is 11.8. The van der Waals surface area contributed by atoms with E-state index in [4.69, 9.17) is 10.5 Å². The maximum atomic E-state index is 11.8. The molecule has 1 aliphatic heterocycles. The van der Waals surface area contributed by atoms with Crippen molar-refractivity contribution in [3.63, 3.8) is 0 Å². The zero-order valence-corrected chi connectivity index (χ0v) is 18.0. The second-order valence-electron chi connectivity index (χ2n) is 7.85. The van der Waals surface area contributed by atoms with Crippen molar-refractivity contribution in [2.45, 2.75) is 25.7 Å². The van der Waals surface area contributed by atoms with Crippen LogP contribution in [0.1, 0.15) is 39.3 Å². The van der Waals surface area contributed by atoms with E-state index >= 15 is 0 Å². The number of nitrogens with zero attached hydrogens (tertiary/aromatic N) is 1. The average molecular weight is 423 g/mol. The molecule has 2 N–H and O–H groups in total. The molecule has 2 aromatic rings. The zero-order chi connectivity index (χ0) is 21.1. The van der Waals surface area contributed by atoms with Gasteiger partial charge in [0.15, 0.2) is 6.61 Å². The number of carbonyl (C=O) groups is 2. The Bertz CT molecular complexity index is 1020. The molecule has 156 valence electrons. The van der Waals surface area contributed by atoms with Crippen LogP contribution in [-0.2, 0) is 27.2 Å². The van der Waals surface area contributed by atoms with E-state index in [2.05, 4.69) is 42.3 Å². The van der Waals surface area contributed by atoms with E-state index in [0.29, 0.717) is 0 Å². The highest BCUT2D eigenvalue weighted by Gasteiger charge is 2.25. The summed E-state index contributed by atoms with van der Waals surface area (Å²) in [5.74, 6) is -1.22. The molecule has 0 bridgehead atoms. The molecule has 1 aromatic carbocycles. The van der Waals surface area contributed by atoms with Crippen LogP contribution in [0.3, 0.4) is 0 Å². The van der Waals surface area contributed by atoms with Crippen molar-refractivity contribution >= 4 is 34.9 Å². The van der Waals surface area contributed by atoms with E-state index in [1.54, 1.807) is 17.4 Å². The first-order valence-corrected chi connectivity index (χ1v) is 11.1. The summed E-state index contributed by atoms with van der Waals surface area (Å²) in [5, 5.41) is 0. The summed E-state index contributed by atoms with van der Waals surface area (Å²) in [5.41, 5.74) is 12.0. The van der Waals surface area contributed by atoms with Crippen LogP contribution in [0.5, 0.6) is 0 Å². The standard InChI is InChI=1S/C24H26N2O3S/c1-26-12-10-17(11-13-26)23-20-5-3-2-4-16(20)6-7-18-14-19(30-24(18)23)8-9-22(28)29-15-21(25)27/h2-5,8-9,14H,6-7,10-13,15H2,1H3,(H2,25,27). The third kappa shape index (κ3) is 4.55. The minimum atomic E-state index is -0.660. The van der Waals surface area contributed by atoms with E-state index in [9.17, 15) is 9.59 Å². The first-order chi connectivity index (χ1) is 14.5. The summed E-state index contributed by atoms with van der Waals surface area (Å²) in [4.78, 5) is 27.3. The normalized spacial score (nSPS) is 16.8. The summed E-state index contributed by atoms with van der Waals surface area (Å²) in [7, 11) is 2.18. The van der Waals surface area contributed by atoms with Gasteiger partial charge in [0.05, 0.1) is 0 Å². The number of esters is 1. The maximum Gasteiger partial charge on any atom is 0.331 e. The van der Waals surface area contributed by atoms with Gasteiger partial charge in [0, 0.05) is 28.9 Å². The highest BCUT2D eigenvalue weighted by molar-refractivity contribution is 7.14. The Morgan fingerprint density at radius 3 is 2.63 bits per heavy atom. The lowest BCUT2D eigenvalue weighted by Gasteiger charge is -2.27. The number of piperidine rings is 1. The number of fused-ring (bicyclic) bond motifs is 2. The van der Waals surface area contributed by atoms with Crippen molar-refractivity contribution in [2.75, 3.05) is 26.7 Å². The Balaban J connectivity index is 1.69. The van der Waals surface area contributed by atoms with Crippen molar-refractivity contribution in [1.29, 1.82) is 0 Å². The number of aryl methyl sites for hydroxylation is 2. The Labute approximate surface area is 180 Å².